The Kier molecular flexibility index (Phi) is 6.17. The topological polar surface area (TPSA) is 84.2 Å². The van der Waals surface area contributed by atoms with Crippen LogP contribution in [0.25, 0.3) is 11.4 Å². The molecule has 1 aliphatic rings. The van der Waals surface area contributed by atoms with E-state index in [1.165, 1.54) is 0 Å². The highest BCUT2D eigenvalue weighted by Gasteiger charge is 2.27. The molecule has 1 aromatic carbocycles. The van der Waals surface area contributed by atoms with Gasteiger partial charge < -0.3 is 9.84 Å². The maximum Gasteiger partial charge on any atom is 0.241 e. The summed E-state index contributed by atoms with van der Waals surface area (Å²) in [4.78, 5) is 23.2. The summed E-state index contributed by atoms with van der Waals surface area (Å²) in [5.74, 6) is 1.04. The maximum atomic E-state index is 12.6. The molecule has 8 heteroatoms. The second-order valence-electron chi connectivity index (χ2n) is 7.14. The van der Waals surface area contributed by atoms with Gasteiger partial charge in [-0.2, -0.15) is 4.98 Å². The van der Waals surface area contributed by atoms with Gasteiger partial charge in [0.25, 0.3) is 0 Å². The van der Waals surface area contributed by atoms with Crippen LogP contribution in [0.3, 0.4) is 0 Å². The van der Waals surface area contributed by atoms with E-state index >= 15 is 0 Å². The van der Waals surface area contributed by atoms with E-state index in [-0.39, 0.29) is 11.8 Å². The highest BCUT2D eigenvalue weighted by atomic mass is 35.5. The molecule has 4 rings (SSSR count). The molecule has 1 amide bonds. The Morgan fingerprint density at radius 2 is 2.07 bits per heavy atom. The van der Waals surface area contributed by atoms with Crippen LogP contribution in [0.15, 0.2) is 53.3 Å². The van der Waals surface area contributed by atoms with Crippen molar-refractivity contribution in [2.24, 2.45) is 5.92 Å². The zero-order valence-electron chi connectivity index (χ0n) is 15.9. The van der Waals surface area contributed by atoms with Gasteiger partial charge in [-0.1, -0.05) is 28.9 Å². The second-order valence-corrected chi connectivity index (χ2v) is 7.55. The van der Waals surface area contributed by atoms with Gasteiger partial charge in [-0.3, -0.25) is 14.7 Å². The van der Waals surface area contributed by atoms with Crippen LogP contribution in [0.5, 0.6) is 0 Å². The van der Waals surface area contributed by atoms with Gasteiger partial charge in [-0.05, 0) is 49.2 Å². The van der Waals surface area contributed by atoms with Crippen LogP contribution in [0.1, 0.15) is 24.3 Å². The number of hydrogen-bond acceptors (Lipinski definition) is 6. The molecule has 3 heterocycles. The summed E-state index contributed by atoms with van der Waals surface area (Å²) in [5.41, 5.74) is 1.79. The molecule has 0 aliphatic carbocycles. The highest BCUT2D eigenvalue weighted by Crippen LogP contribution is 2.25. The number of benzene rings is 1. The minimum absolute atomic E-state index is 0.0449. The third kappa shape index (κ3) is 4.99. The van der Waals surface area contributed by atoms with Crippen LogP contribution in [0, 0.1) is 5.92 Å². The van der Waals surface area contributed by atoms with Crippen molar-refractivity contribution >= 4 is 17.5 Å². The standard InChI is InChI=1S/C21H22ClN5O2/c22-18-6-2-1-5-17(18)20-25-19(29-26-20)14-27-11-3-4-16(13-27)21(28)24-12-15-7-9-23-10-8-15/h1-2,5-10,16H,3-4,11-14H2,(H,24,28). The molecule has 29 heavy (non-hydrogen) atoms. The molecular formula is C21H22ClN5O2. The second kappa shape index (κ2) is 9.15. The van der Waals surface area contributed by atoms with Crippen LogP contribution in [-0.2, 0) is 17.9 Å². The summed E-state index contributed by atoms with van der Waals surface area (Å²) in [6.07, 6.45) is 5.29. The number of nitrogens with zero attached hydrogens (tertiary/aromatic N) is 4. The summed E-state index contributed by atoms with van der Waals surface area (Å²) < 4.78 is 5.41. The average molecular weight is 412 g/mol. The van der Waals surface area contributed by atoms with E-state index < -0.39 is 0 Å². The van der Waals surface area contributed by atoms with Crippen LogP contribution in [0.2, 0.25) is 5.02 Å². The number of amides is 1. The molecule has 3 aromatic rings. The number of carbonyl (C=O) groups excluding carboxylic acids is 1. The number of halogens is 1. The zero-order valence-corrected chi connectivity index (χ0v) is 16.7. The first-order valence-corrected chi connectivity index (χ1v) is 10.0. The van der Waals surface area contributed by atoms with Gasteiger partial charge in [-0.15, -0.1) is 0 Å². The first kappa shape index (κ1) is 19.5. The lowest BCUT2D eigenvalue weighted by molar-refractivity contribution is -0.127. The van der Waals surface area contributed by atoms with Crippen LogP contribution >= 0.6 is 11.6 Å². The van der Waals surface area contributed by atoms with Gasteiger partial charge in [-0.25, -0.2) is 0 Å². The van der Waals surface area contributed by atoms with Crippen LogP contribution in [-0.4, -0.2) is 39.0 Å². The number of hydrogen-bond donors (Lipinski definition) is 1. The Hall–Kier alpha value is -2.77. The third-order valence-electron chi connectivity index (χ3n) is 5.03. The molecule has 1 saturated heterocycles. The fourth-order valence-corrected chi connectivity index (χ4v) is 3.73. The molecule has 1 fully saturated rings. The number of nitrogens with one attached hydrogen (secondary N) is 1. The Bertz CT molecular complexity index is 962. The van der Waals surface area contributed by atoms with E-state index in [1.807, 2.05) is 30.3 Å². The van der Waals surface area contributed by atoms with Crippen LogP contribution in [0.4, 0.5) is 0 Å². The van der Waals surface area contributed by atoms with Crippen molar-refractivity contribution in [3.05, 3.63) is 65.3 Å². The summed E-state index contributed by atoms with van der Waals surface area (Å²) in [6.45, 7) is 2.61. The van der Waals surface area contributed by atoms with E-state index in [0.29, 0.717) is 36.4 Å². The molecule has 0 spiro atoms. The lowest BCUT2D eigenvalue weighted by Gasteiger charge is -2.30. The smallest absolute Gasteiger partial charge is 0.241 e. The average Bonchev–Trinajstić information content (AvgIpc) is 3.21. The number of pyridine rings is 1. The van der Waals surface area contributed by atoms with E-state index in [1.54, 1.807) is 18.5 Å². The van der Waals surface area contributed by atoms with Gasteiger partial charge in [0.1, 0.15) is 0 Å². The van der Waals surface area contributed by atoms with Crippen molar-refractivity contribution in [2.45, 2.75) is 25.9 Å². The van der Waals surface area contributed by atoms with Crippen molar-refractivity contribution in [1.29, 1.82) is 0 Å². The molecule has 1 atom stereocenters. The first-order valence-electron chi connectivity index (χ1n) is 9.65. The highest BCUT2D eigenvalue weighted by molar-refractivity contribution is 6.33. The largest absolute Gasteiger partial charge is 0.352 e. The maximum absolute atomic E-state index is 12.6. The Labute approximate surface area is 174 Å². The zero-order chi connectivity index (χ0) is 20.1. The molecule has 150 valence electrons. The molecule has 0 radical (unpaired) electrons. The summed E-state index contributed by atoms with van der Waals surface area (Å²) in [6, 6.07) is 11.2. The quantitative estimate of drug-likeness (QED) is 0.669. The Morgan fingerprint density at radius 3 is 2.90 bits per heavy atom. The monoisotopic (exact) mass is 411 g/mol. The van der Waals surface area contributed by atoms with Crippen molar-refractivity contribution in [3.63, 3.8) is 0 Å². The van der Waals surface area contributed by atoms with Gasteiger partial charge in [0.2, 0.25) is 17.6 Å². The van der Waals surface area contributed by atoms with Gasteiger partial charge in [0.05, 0.1) is 17.5 Å². The fraction of sp³-hybridized carbons (Fsp3) is 0.333. The molecule has 0 saturated carbocycles. The number of aromatic nitrogens is 3. The molecule has 1 unspecified atom stereocenters. The number of piperidine rings is 1. The van der Waals surface area contributed by atoms with E-state index in [0.717, 1.165) is 30.5 Å². The van der Waals surface area contributed by atoms with Gasteiger partial charge >= 0.3 is 0 Å². The number of carbonyl (C=O) groups is 1. The number of likely N-dealkylation sites (tertiary alicyclic amines) is 1. The summed E-state index contributed by atoms with van der Waals surface area (Å²) in [5, 5.41) is 7.66. The van der Waals surface area contributed by atoms with Crippen molar-refractivity contribution in [2.75, 3.05) is 13.1 Å². The lowest BCUT2D eigenvalue weighted by Crippen LogP contribution is -2.42. The van der Waals surface area contributed by atoms with E-state index in [2.05, 4.69) is 25.3 Å². The summed E-state index contributed by atoms with van der Waals surface area (Å²) in [7, 11) is 0. The van der Waals surface area contributed by atoms with Crippen molar-refractivity contribution in [1.82, 2.24) is 25.3 Å². The SMILES string of the molecule is O=C(NCc1ccncc1)C1CCCN(Cc2nc(-c3ccccc3Cl)no2)C1. The van der Waals surface area contributed by atoms with Crippen LogP contribution < -0.4 is 5.32 Å². The minimum atomic E-state index is -0.0449. The van der Waals surface area contributed by atoms with E-state index in [4.69, 9.17) is 16.1 Å². The Balaban J connectivity index is 1.33. The fourth-order valence-electron chi connectivity index (χ4n) is 3.51. The molecular weight excluding hydrogens is 390 g/mol. The molecule has 7 nitrogen and oxygen atoms in total. The predicted octanol–water partition coefficient (Wildman–Crippen LogP) is 3.31. The Morgan fingerprint density at radius 1 is 1.24 bits per heavy atom. The molecule has 1 aliphatic heterocycles. The predicted molar refractivity (Wildman–Crippen MR) is 109 cm³/mol. The van der Waals surface area contributed by atoms with E-state index in [9.17, 15) is 4.79 Å². The third-order valence-corrected chi connectivity index (χ3v) is 5.36. The normalized spacial score (nSPS) is 17.2. The van der Waals surface area contributed by atoms with Gasteiger partial charge in [0.15, 0.2) is 0 Å². The van der Waals surface area contributed by atoms with Crippen molar-refractivity contribution < 1.29 is 9.32 Å². The minimum Gasteiger partial charge on any atom is -0.352 e. The lowest BCUT2D eigenvalue weighted by atomic mass is 9.97. The van der Waals surface area contributed by atoms with Gasteiger partial charge in [0, 0.05) is 31.0 Å². The van der Waals surface area contributed by atoms with Crippen molar-refractivity contribution in [3.8, 4) is 11.4 Å². The molecule has 2 aromatic heterocycles. The molecule has 0 bridgehead atoms. The molecule has 1 N–H and O–H groups in total. The number of rotatable bonds is 6. The summed E-state index contributed by atoms with van der Waals surface area (Å²) >= 11 is 6.21. The first-order chi connectivity index (χ1) is 14.2.